The summed E-state index contributed by atoms with van der Waals surface area (Å²) in [5, 5.41) is 12.8. The maximum Gasteiger partial charge on any atom is 0.123 e. The highest BCUT2D eigenvalue weighted by atomic mass is 15.2. The lowest BCUT2D eigenvalue weighted by Gasteiger charge is -2.40. The number of H-pyrrole nitrogens is 1. The Balaban J connectivity index is 1.49. The van der Waals surface area contributed by atoms with Crippen molar-refractivity contribution in [2.24, 2.45) is 0 Å². The summed E-state index contributed by atoms with van der Waals surface area (Å²) < 4.78 is 1.95. The first-order chi connectivity index (χ1) is 14.8. The molecule has 4 heterocycles. The van der Waals surface area contributed by atoms with Gasteiger partial charge < -0.3 is 10.3 Å². The number of nitrogens with zero attached hydrogens (tertiary/aromatic N) is 5. The highest BCUT2D eigenvalue weighted by Gasteiger charge is 2.31. The van der Waals surface area contributed by atoms with E-state index in [1.165, 1.54) is 16.5 Å². The minimum absolute atomic E-state index is 0.420. The molecule has 0 bridgehead atoms. The molecule has 0 aliphatic carbocycles. The molecule has 0 radical (unpaired) electrons. The van der Waals surface area contributed by atoms with Crippen molar-refractivity contribution >= 4 is 10.9 Å². The summed E-state index contributed by atoms with van der Waals surface area (Å²) in [6.07, 6.45) is 8.64. The lowest BCUT2D eigenvalue weighted by atomic mass is 9.86. The molecule has 30 heavy (non-hydrogen) atoms. The van der Waals surface area contributed by atoms with Gasteiger partial charge in [-0.25, -0.2) is 0 Å². The molecule has 7 heteroatoms. The van der Waals surface area contributed by atoms with Crippen LogP contribution in [0.4, 0.5) is 0 Å². The van der Waals surface area contributed by atoms with Crippen LogP contribution in [0.5, 0.6) is 0 Å². The van der Waals surface area contributed by atoms with Crippen molar-refractivity contribution in [1.29, 1.82) is 0 Å². The fourth-order valence-corrected chi connectivity index (χ4v) is 4.69. The van der Waals surface area contributed by atoms with Crippen LogP contribution in [0.3, 0.4) is 0 Å². The van der Waals surface area contributed by atoms with Crippen LogP contribution in [-0.4, -0.2) is 55.3 Å². The molecule has 2 atom stereocenters. The predicted molar refractivity (Wildman–Crippen MR) is 118 cm³/mol. The van der Waals surface area contributed by atoms with Gasteiger partial charge in [-0.2, -0.15) is 0 Å². The Morgan fingerprint density at radius 1 is 1.17 bits per heavy atom. The average molecular weight is 402 g/mol. The largest absolute Gasteiger partial charge is 0.361 e. The van der Waals surface area contributed by atoms with Gasteiger partial charge in [0, 0.05) is 67.1 Å². The van der Waals surface area contributed by atoms with Gasteiger partial charge in [0.1, 0.15) is 12.7 Å². The zero-order valence-corrected chi connectivity index (χ0v) is 17.2. The van der Waals surface area contributed by atoms with Crippen LogP contribution in [0, 0.1) is 0 Å². The molecule has 1 aliphatic heterocycles. The fraction of sp³-hybridized carbons (Fsp3) is 0.348. The molecule has 5 rings (SSSR count). The average Bonchev–Trinajstić information content (AvgIpc) is 3.46. The Bertz CT molecular complexity index is 1090. The van der Waals surface area contributed by atoms with Gasteiger partial charge in [-0.05, 0) is 42.3 Å². The summed E-state index contributed by atoms with van der Waals surface area (Å²) in [5.74, 6) is 0.423. The van der Waals surface area contributed by atoms with Gasteiger partial charge in [0.2, 0.25) is 0 Å². The van der Waals surface area contributed by atoms with E-state index in [2.05, 4.69) is 73.8 Å². The summed E-state index contributed by atoms with van der Waals surface area (Å²) in [7, 11) is 0. The highest BCUT2D eigenvalue weighted by molar-refractivity contribution is 5.85. The second-order valence-electron chi connectivity index (χ2n) is 7.92. The van der Waals surface area contributed by atoms with Crippen LogP contribution >= 0.6 is 0 Å². The number of nitrogens with one attached hydrogen (secondary N) is 2. The van der Waals surface area contributed by atoms with Crippen molar-refractivity contribution < 1.29 is 0 Å². The molecular formula is C23H27N7. The van der Waals surface area contributed by atoms with Crippen molar-refractivity contribution in [2.45, 2.75) is 31.8 Å². The topological polar surface area (TPSA) is 74.7 Å². The number of hydrogen-bond donors (Lipinski definition) is 2. The quantitative estimate of drug-likeness (QED) is 0.519. The second kappa shape index (κ2) is 8.38. The van der Waals surface area contributed by atoms with Crippen LogP contribution in [0.1, 0.15) is 30.5 Å². The minimum Gasteiger partial charge on any atom is -0.361 e. The Labute approximate surface area is 176 Å². The number of aromatic nitrogens is 5. The Morgan fingerprint density at radius 2 is 2.07 bits per heavy atom. The molecule has 7 nitrogen and oxygen atoms in total. The molecule has 4 aromatic rings. The zero-order valence-electron chi connectivity index (χ0n) is 17.2. The Morgan fingerprint density at radius 3 is 2.87 bits per heavy atom. The number of hydrogen-bond acceptors (Lipinski definition) is 5. The zero-order chi connectivity index (χ0) is 20.3. The second-order valence-corrected chi connectivity index (χ2v) is 7.92. The highest BCUT2D eigenvalue weighted by Crippen LogP contribution is 2.34. The van der Waals surface area contributed by atoms with Gasteiger partial charge >= 0.3 is 0 Å². The van der Waals surface area contributed by atoms with Crippen molar-refractivity contribution in [3.63, 3.8) is 0 Å². The number of fused-ring (bicyclic) bond motifs is 1. The first kappa shape index (κ1) is 19.0. The molecule has 1 saturated heterocycles. The van der Waals surface area contributed by atoms with Crippen LogP contribution in [-0.2, 0) is 6.54 Å². The summed E-state index contributed by atoms with van der Waals surface area (Å²) in [6, 6.07) is 13.1. The number of piperazine rings is 1. The fourth-order valence-electron chi connectivity index (χ4n) is 4.69. The predicted octanol–water partition coefficient (Wildman–Crippen LogP) is 3.11. The van der Waals surface area contributed by atoms with Gasteiger partial charge in [0.05, 0.1) is 5.69 Å². The Kier molecular flexibility index (Phi) is 5.29. The summed E-state index contributed by atoms with van der Waals surface area (Å²) in [6.45, 7) is 6.22. The van der Waals surface area contributed by atoms with E-state index in [1.54, 1.807) is 12.7 Å². The summed E-state index contributed by atoms with van der Waals surface area (Å²) in [5.41, 5.74) is 4.76. The third kappa shape index (κ3) is 3.62. The van der Waals surface area contributed by atoms with E-state index >= 15 is 0 Å². The maximum atomic E-state index is 4.56. The van der Waals surface area contributed by atoms with Crippen molar-refractivity contribution in [3.05, 3.63) is 72.7 Å². The van der Waals surface area contributed by atoms with Gasteiger partial charge in [-0.1, -0.05) is 13.0 Å². The van der Waals surface area contributed by atoms with E-state index in [1.807, 2.05) is 16.8 Å². The third-order valence-electron chi connectivity index (χ3n) is 6.21. The lowest BCUT2D eigenvalue weighted by Crippen LogP contribution is -2.53. The molecule has 1 fully saturated rings. The third-order valence-corrected chi connectivity index (χ3v) is 6.21. The number of rotatable bonds is 6. The van der Waals surface area contributed by atoms with E-state index < -0.39 is 0 Å². The lowest BCUT2D eigenvalue weighted by molar-refractivity contribution is 0.127. The van der Waals surface area contributed by atoms with E-state index in [4.69, 9.17) is 0 Å². The molecule has 2 unspecified atom stereocenters. The molecule has 1 aromatic carbocycles. The number of aromatic amines is 1. The summed E-state index contributed by atoms with van der Waals surface area (Å²) in [4.78, 5) is 10.6. The van der Waals surface area contributed by atoms with Gasteiger partial charge in [0.25, 0.3) is 0 Å². The first-order valence-electron chi connectivity index (χ1n) is 10.6. The normalized spacial score (nSPS) is 18.6. The van der Waals surface area contributed by atoms with Crippen LogP contribution in [0.25, 0.3) is 16.6 Å². The van der Waals surface area contributed by atoms with Gasteiger partial charge in [-0.3, -0.25) is 14.5 Å². The molecule has 154 valence electrons. The molecule has 1 aliphatic rings. The van der Waals surface area contributed by atoms with Crippen molar-refractivity contribution in [1.82, 2.24) is 34.9 Å². The minimum atomic E-state index is 0.420. The van der Waals surface area contributed by atoms with Gasteiger partial charge in [-0.15, -0.1) is 10.2 Å². The first-order valence-corrected chi connectivity index (χ1v) is 10.6. The van der Waals surface area contributed by atoms with E-state index in [0.29, 0.717) is 12.0 Å². The van der Waals surface area contributed by atoms with Crippen LogP contribution < -0.4 is 5.32 Å². The summed E-state index contributed by atoms with van der Waals surface area (Å²) >= 11 is 0. The molecule has 2 N–H and O–H groups in total. The SMILES string of the molecule is CCC(c1c[nH]c2ccc(-n3cnnc3)cc12)C1CNCCN1Cc1ccccn1. The van der Waals surface area contributed by atoms with E-state index in [0.717, 1.165) is 44.0 Å². The van der Waals surface area contributed by atoms with E-state index in [9.17, 15) is 0 Å². The van der Waals surface area contributed by atoms with E-state index in [-0.39, 0.29) is 0 Å². The van der Waals surface area contributed by atoms with Gasteiger partial charge in [0.15, 0.2) is 0 Å². The van der Waals surface area contributed by atoms with Crippen molar-refractivity contribution in [2.75, 3.05) is 19.6 Å². The maximum absolute atomic E-state index is 4.56. The number of pyridine rings is 1. The Hall–Kier alpha value is -3.03. The number of benzene rings is 1. The van der Waals surface area contributed by atoms with Crippen LogP contribution in [0.15, 0.2) is 61.4 Å². The molecular weight excluding hydrogens is 374 g/mol. The van der Waals surface area contributed by atoms with Crippen molar-refractivity contribution in [3.8, 4) is 5.69 Å². The molecule has 0 saturated carbocycles. The molecule has 3 aromatic heterocycles. The molecule has 0 amide bonds. The van der Waals surface area contributed by atoms with Crippen LogP contribution in [0.2, 0.25) is 0 Å². The standard InChI is InChI=1S/C23H27N7/c1-2-19(23-13-24-9-10-29(23)14-17-5-3-4-8-25-17)21-12-26-22-7-6-18(11-20(21)22)30-15-27-28-16-30/h3-8,11-12,15-16,19,23-24,26H,2,9-10,13-14H2,1H3. The smallest absolute Gasteiger partial charge is 0.123 e. The molecule has 0 spiro atoms. The monoisotopic (exact) mass is 401 g/mol.